The summed E-state index contributed by atoms with van der Waals surface area (Å²) in [6, 6.07) is 18.7. The highest BCUT2D eigenvalue weighted by Crippen LogP contribution is 2.52. The molecule has 37 heteroatoms. The lowest BCUT2D eigenvalue weighted by molar-refractivity contribution is -0.164. The number of hydrogen-bond acceptors (Lipinski definition) is 15. The average molecular weight is 1530 g/mol. The Bertz CT molecular complexity index is 4730. The first kappa shape index (κ1) is 75.2. The molecule has 0 radical (unpaired) electrons. The maximum absolute atomic E-state index is 16.1. The predicted molar refractivity (Wildman–Crippen MR) is 355 cm³/mol. The lowest BCUT2D eigenvalue weighted by Crippen LogP contribution is -2.49. The number of hydrogen-bond donors (Lipinski definition) is 6. The third kappa shape index (κ3) is 14.8. The number of aromatic nitrogens is 9. The van der Waals surface area contributed by atoms with Crippen LogP contribution in [-0.2, 0) is 36.6 Å². The summed E-state index contributed by atoms with van der Waals surface area (Å²) in [6.07, 6.45) is -18.7. The maximum Gasteiger partial charge on any atom is 0.411 e. The molecule has 4 aromatic heterocycles. The third-order valence-electron chi connectivity index (χ3n) is 18.6. The van der Waals surface area contributed by atoms with Gasteiger partial charge in [-0.3, -0.25) is 35.2 Å². The molecule has 6 heterocycles. The van der Waals surface area contributed by atoms with Crippen LogP contribution in [0.25, 0.3) is 34.0 Å². The molecule has 4 atom stereocenters. The van der Waals surface area contributed by atoms with Crippen LogP contribution >= 0.6 is 23.2 Å². The Morgan fingerprint density at radius 3 is 1.50 bits per heavy atom. The first-order valence-electron chi connectivity index (χ1n) is 32.5. The van der Waals surface area contributed by atoms with Gasteiger partial charge in [-0.05, 0) is 108 Å². The number of alkyl carbamates (subject to hydrolysis) is 2. The summed E-state index contributed by atoms with van der Waals surface area (Å²) in [7, 11) is 0. The highest BCUT2D eigenvalue weighted by Gasteiger charge is 2.66. The summed E-state index contributed by atoms with van der Waals surface area (Å²) in [5.74, 6) is -6.62. The van der Waals surface area contributed by atoms with Crippen LogP contribution in [0.2, 0.25) is 10.0 Å². The fourth-order valence-corrected chi connectivity index (χ4v) is 13.7. The minimum atomic E-state index is -4.91. The molecular formula is C69H63Cl2F12N17O6. The van der Waals surface area contributed by atoms with E-state index in [2.05, 4.69) is 45.8 Å². The molecule has 6 N–H and O–H groups in total. The number of nitrogens with one attached hydrogen (secondary N) is 6. The Morgan fingerprint density at radius 1 is 0.594 bits per heavy atom. The third-order valence-corrected chi connectivity index (χ3v) is 19.2. The molecule has 558 valence electrons. The number of pyridine rings is 1. The van der Waals surface area contributed by atoms with E-state index in [0.717, 1.165) is 46.9 Å². The van der Waals surface area contributed by atoms with E-state index in [0.29, 0.717) is 20.5 Å². The summed E-state index contributed by atoms with van der Waals surface area (Å²) < 4.78 is 186. The molecule has 2 saturated heterocycles. The first-order chi connectivity index (χ1) is 49.8. The Kier molecular flexibility index (Phi) is 19.7. The van der Waals surface area contributed by atoms with Crippen molar-refractivity contribution in [2.24, 2.45) is 10.8 Å². The quantitative estimate of drug-likeness (QED) is 0.0325. The van der Waals surface area contributed by atoms with Crippen molar-refractivity contribution < 1.29 is 81.3 Å². The van der Waals surface area contributed by atoms with E-state index in [-0.39, 0.29) is 67.4 Å². The number of amides is 4. The van der Waals surface area contributed by atoms with Crippen LogP contribution in [-0.4, -0.2) is 127 Å². The lowest BCUT2D eigenvalue weighted by Gasteiger charge is -2.36. The van der Waals surface area contributed by atoms with Gasteiger partial charge in [0.05, 0.1) is 57.8 Å². The fourth-order valence-electron chi connectivity index (χ4n) is 13.3. The van der Waals surface area contributed by atoms with Crippen LogP contribution in [0.1, 0.15) is 138 Å². The maximum atomic E-state index is 16.1. The van der Waals surface area contributed by atoms with Gasteiger partial charge in [-0.1, -0.05) is 118 Å². The monoisotopic (exact) mass is 1520 g/mol. The topological polar surface area (TPSA) is 289 Å². The predicted octanol–water partition coefficient (Wildman–Crippen LogP) is 14.2. The SMILES string of the molecule is CC(C)(C)C[C@]1(c2ccc(-c3ncc(F)cn3)cc2)NC(=N)N([C@H](COC(=O)NC2(C(F)(F)F)CC2)c2ccc(Cl)c(-n3nc(CC(C)(C)C[C@]4(c5ccc(-c6ccc(F)cn6)cc5)NC(=N)N([C@H](COC(=O)NC5(C(F)(F)F)CC5)c5ccc(Cl)c(-n6ncnc6C(F)F)c5)C4=O)nc3C(F)F)c2)C1=O. The zero-order chi connectivity index (χ0) is 76.6. The van der Waals surface area contributed by atoms with Gasteiger partial charge >= 0.3 is 24.5 Å². The molecule has 4 aliphatic rings. The number of benzene rings is 4. The van der Waals surface area contributed by atoms with Crippen LogP contribution in [0, 0.1) is 33.3 Å². The van der Waals surface area contributed by atoms with Gasteiger partial charge in [-0.2, -0.15) is 36.5 Å². The summed E-state index contributed by atoms with van der Waals surface area (Å²) in [5, 5.41) is 36.7. The van der Waals surface area contributed by atoms with Gasteiger partial charge in [-0.25, -0.2) is 65.2 Å². The van der Waals surface area contributed by atoms with Gasteiger partial charge in [0.25, 0.3) is 24.7 Å². The second-order valence-electron chi connectivity index (χ2n) is 28.1. The number of guanidine groups is 2. The average Bonchev–Trinajstić information content (AvgIpc) is 1.58. The van der Waals surface area contributed by atoms with Crippen molar-refractivity contribution in [3.63, 3.8) is 0 Å². The number of nitrogens with zero attached hydrogens (tertiary/aromatic N) is 11. The van der Waals surface area contributed by atoms with Crippen molar-refractivity contribution in [3.05, 3.63) is 183 Å². The highest BCUT2D eigenvalue weighted by molar-refractivity contribution is 6.32. The fraction of sp³-hybridized carbons (Fsp3) is 0.377. The van der Waals surface area contributed by atoms with Crippen molar-refractivity contribution in [3.8, 4) is 34.0 Å². The number of ether oxygens (including phenoxy) is 2. The molecule has 8 aromatic rings. The molecule has 2 saturated carbocycles. The summed E-state index contributed by atoms with van der Waals surface area (Å²) in [6.45, 7) is 6.62. The molecule has 4 fully saturated rings. The van der Waals surface area contributed by atoms with Crippen LogP contribution < -0.4 is 21.3 Å². The molecule has 0 spiro atoms. The van der Waals surface area contributed by atoms with E-state index in [1.807, 2.05) is 31.4 Å². The minimum Gasteiger partial charge on any atom is -0.447 e. The van der Waals surface area contributed by atoms with Crippen molar-refractivity contribution in [2.75, 3.05) is 13.2 Å². The van der Waals surface area contributed by atoms with E-state index in [9.17, 15) is 64.3 Å². The van der Waals surface area contributed by atoms with Crippen LogP contribution in [0.4, 0.5) is 62.3 Å². The second kappa shape index (κ2) is 27.8. The molecule has 106 heavy (non-hydrogen) atoms. The van der Waals surface area contributed by atoms with Gasteiger partial charge in [0.2, 0.25) is 0 Å². The number of halogens is 14. The number of carbonyl (C=O) groups is 4. The molecular weight excluding hydrogens is 1460 g/mol. The molecule has 23 nitrogen and oxygen atoms in total. The van der Waals surface area contributed by atoms with Crippen LogP contribution in [0.5, 0.6) is 0 Å². The van der Waals surface area contributed by atoms with Crippen LogP contribution in [0.3, 0.4) is 0 Å². The van der Waals surface area contributed by atoms with Crippen molar-refractivity contribution >= 4 is 59.1 Å². The summed E-state index contributed by atoms with van der Waals surface area (Å²) in [5.41, 5.74) is -10.7. The largest absolute Gasteiger partial charge is 0.447 e. The Hall–Kier alpha value is -10.5. The number of carbonyl (C=O) groups excluding carboxylic acids is 4. The van der Waals surface area contributed by atoms with E-state index < -0.39 is 181 Å². The minimum absolute atomic E-state index is 0.0294. The second-order valence-corrected chi connectivity index (χ2v) is 28.9. The Labute approximate surface area is 604 Å². The van der Waals surface area contributed by atoms with Gasteiger partial charge in [0.15, 0.2) is 41.0 Å². The normalized spacial score (nSPS) is 19.1. The Balaban J connectivity index is 0.908. The van der Waals surface area contributed by atoms with E-state index in [4.69, 9.17) is 32.7 Å². The molecule has 2 aliphatic carbocycles. The van der Waals surface area contributed by atoms with Gasteiger partial charge < -0.3 is 30.7 Å². The van der Waals surface area contributed by atoms with Gasteiger partial charge in [0, 0.05) is 17.5 Å². The zero-order valence-corrected chi connectivity index (χ0v) is 57.9. The standard InChI is InChI=1S/C69H63Cl2F12N17O6/c1-62(2,3)32-66(39-14-8-36(9-15-39)53-87-28-42(73)29-88-53)56(101)97(58(84)92-66)49(31-106-61(104)95-65(22-23-65)69(81,82)83)38-11-18-44(71)47(25-38)100-55(52(76)77)91-50(96-100)26-63(4,5)33-67(40-12-6-35(7-13-40)45-19-16-41(72)27-86-45)57(102)98(59(85)93-67)48(30-105-60(103)94-64(20-21-64)68(78,79)80)37-10-17-43(70)46(24-37)99-54(51(74)75)89-34-90-99/h6-19,24-25,27-29,34,48-49,51-52H,20-23,26,30-33H2,1-5H3,(H2,84,92)(H2,85,93)(H,94,103)(H,95,104)/t48-,49-,66-,67-/m1/s1. The summed E-state index contributed by atoms with van der Waals surface area (Å²) >= 11 is 13.5. The van der Waals surface area contributed by atoms with Crippen molar-refractivity contribution in [2.45, 2.75) is 139 Å². The van der Waals surface area contributed by atoms with Gasteiger partial charge in [0.1, 0.15) is 47.5 Å². The van der Waals surface area contributed by atoms with E-state index in [1.165, 1.54) is 60.7 Å². The van der Waals surface area contributed by atoms with Gasteiger partial charge in [-0.15, -0.1) is 0 Å². The number of alkyl halides is 10. The molecule has 12 rings (SSSR count). The molecule has 2 aliphatic heterocycles. The van der Waals surface area contributed by atoms with Crippen LogP contribution in [0.15, 0.2) is 122 Å². The van der Waals surface area contributed by atoms with E-state index in [1.54, 1.807) is 38.1 Å². The van der Waals surface area contributed by atoms with E-state index >= 15 is 18.4 Å². The zero-order valence-electron chi connectivity index (χ0n) is 56.4. The molecule has 4 aromatic carbocycles. The molecule has 0 unspecified atom stereocenters. The molecule has 0 bridgehead atoms. The molecule has 4 amide bonds. The van der Waals surface area contributed by atoms with Crippen molar-refractivity contribution in [1.82, 2.24) is 75.5 Å². The number of rotatable bonds is 23. The lowest BCUT2D eigenvalue weighted by atomic mass is 9.72. The first-order valence-corrected chi connectivity index (χ1v) is 33.3. The highest BCUT2D eigenvalue weighted by atomic mass is 35.5. The van der Waals surface area contributed by atoms with Crippen molar-refractivity contribution in [1.29, 1.82) is 10.8 Å². The smallest absolute Gasteiger partial charge is 0.411 e. The summed E-state index contributed by atoms with van der Waals surface area (Å²) in [4.78, 5) is 80.3. The Morgan fingerprint density at radius 2 is 1.06 bits per heavy atom.